The molecule has 3 aliphatic rings. The summed E-state index contributed by atoms with van der Waals surface area (Å²) < 4.78 is 11.9. The van der Waals surface area contributed by atoms with Crippen LogP contribution in [0.4, 0.5) is 0 Å². The molecule has 0 N–H and O–H groups in total. The Kier molecular flexibility index (Phi) is 3.33. The average Bonchev–Trinajstić information content (AvgIpc) is 3.22. The number of aromatic nitrogens is 1. The molecule has 1 aromatic rings. The summed E-state index contributed by atoms with van der Waals surface area (Å²) in [6, 6.07) is 5.69. The van der Waals surface area contributed by atoms with Crippen molar-refractivity contribution in [1.82, 2.24) is 9.88 Å². The van der Waals surface area contributed by atoms with E-state index in [1.54, 1.807) is 6.20 Å². The van der Waals surface area contributed by atoms with Crippen LogP contribution in [0.3, 0.4) is 0 Å². The lowest BCUT2D eigenvalue weighted by Gasteiger charge is -2.53. The first-order chi connectivity index (χ1) is 10.7. The number of amides is 1. The Hall–Kier alpha value is -1.62. The Bertz CT molecular complexity index is 556. The van der Waals surface area contributed by atoms with E-state index in [1.165, 1.54) is 0 Å². The van der Waals surface area contributed by atoms with Gasteiger partial charge in [-0.1, -0.05) is 13.0 Å². The van der Waals surface area contributed by atoms with Gasteiger partial charge in [0.1, 0.15) is 11.7 Å². The van der Waals surface area contributed by atoms with E-state index in [2.05, 4.69) is 11.9 Å². The van der Waals surface area contributed by atoms with Crippen LogP contribution in [0.1, 0.15) is 26.2 Å². The summed E-state index contributed by atoms with van der Waals surface area (Å²) in [6.45, 7) is 4.28. The summed E-state index contributed by atoms with van der Waals surface area (Å²) in [5, 5.41) is 0. The van der Waals surface area contributed by atoms with Crippen LogP contribution in [0, 0.1) is 11.8 Å². The molecule has 2 saturated heterocycles. The van der Waals surface area contributed by atoms with Crippen molar-refractivity contribution >= 4 is 5.91 Å². The minimum Gasteiger partial charge on any atom is -0.474 e. The first-order valence-electron chi connectivity index (χ1n) is 8.16. The number of nitrogens with zero attached hydrogens (tertiary/aromatic N) is 2. The van der Waals surface area contributed by atoms with Gasteiger partial charge in [0.2, 0.25) is 11.8 Å². The molecular formula is C17H22N2O3. The summed E-state index contributed by atoms with van der Waals surface area (Å²) in [4.78, 5) is 18.4. The zero-order valence-corrected chi connectivity index (χ0v) is 12.9. The minimum absolute atomic E-state index is 0.126. The summed E-state index contributed by atoms with van der Waals surface area (Å²) in [5.74, 6) is 1.82. The third kappa shape index (κ3) is 2.58. The van der Waals surface area contributed by atoms with Crippen molar-refractivity contribution < 1.29 is 14.3 Å². The van der Waals surface area contributed by atoms with Gasteiger partial charge in [-0.3, -0.25) is 4.79 Å². The molecule has 118 valence electrons. The molecule has 5 nitrogen and oxygen atoms in total. The first-order valence-corrected chi connectivity index (χ1v) is 8.16. The monoisotopic (exact) mass is 302 g/mol. The van der Waals surface area contributed by atoms with Crippen LogP contribution in [0.25, 0.3) is 0 Å². The van der Waals surface area contributed by atoms with E-state index in [-0.39, 0.29) is 17.6 Å². The van der Waals surface area contributed by atoms with Crippen molar-refractivity contribution in [3.05, 3.63) is 24.4 Å². The van der Waals surface area contributed by atoms with E-state index in [0.717, 1.165) is 32.4 Å². The molecule has 2 aliphatic heterocycles. The summed E-state index contributed by atoms with van der Waals surface area (Å²) in [6.07, 6.45) is 4.64. The highest BCUT2D eigenvalue weighted by Gasteiger charge is 2.53. The molecule has 1 aromatic heterocycles. The number of hydrogen-bond acceptors (Lipinski definition) is 4. The fourth-order valence-corrected chi connectivity index (χ4v) is 3.60. The van der Waals surface area contributed by atoms with E-state index < -0.39 is 0 Å². The Morgan fingerprint density at radius 2 is 2.27 bits per heavy atom. The molecule has 0 bridgehead atoms. The predicted octanol–water partition coefficient (Wildman–Crippen LogP) is 1.88. The number of rotatable bonds is 3. The van der Waals surface area contributed by atoms with Gasteiger partial charge < -0.3 is 14.4 Å². The van der Waals surface area contributed by atoms with E-state index in [1.807, 2.05) is 23.1 Å². The number of ether oxygens (including phenoxy) is 2. The van der Waals surface area contributed by atoms with Crippen LogP contribution in [0.2, 0.25) is 0 Å². The van der Waals surface area contributed by atoms with Crippen LogP contribution in [0.5, 0.6) is 5.88 Å². The van der Waals surface area contributed by atoms with Crippen molar-refractivity contribution in [2.75, 3.05) is 19.7 Å². The topological polar surface area (TPSA) is 51.7 Å². The standard InChI is InChI=1S/C17H22N2O3/c1-12-8-14(12)16(20)19-10-17(11-19)9-13(5-7-21-17)22-15-4-2-3-6-18-15/h2-4,6,12-14H,5,7-11H2,1H3/t12-,13+,14-/m1/s1. The quantitative estimate of drug-likeness (QED) is 0.855. The Morgan fingerprint density at radius 1 is 1.45 bits per heavy atom. The van der Waals surface area contributed by atoms with Gasteiger partial charge in [0, 0.05) is 31.0 Å². The third-order valence-corrected chi connectivity index (χ3v) is 5.07. The molecule has 3 fully saturated rings. The molecule has 5 heteroatoms. The number of likely N-dealkylation sites (tertiary alicyclic amines) is 1. The molecule has 4 rings (SSSR count). The maximum atomic E-state index is 12.2. The highest BCUT2D eigenvalue weighted by molar-refractivity contribution is 5.82. The zero-order chi connectivity index (χ0) is 15.2. The van der Waals surface area contributed by atoms with Crippen molar-refractivity contribution in [3.63, 3.8) is 0 Å². The normalized spacial score (nSPS) is 32.4. The van der Waals surface area contributed by atoms with Gasteiger partial charge in [0.05, 0.1) is 19.7 Å². The second-order valence-corrected chi connectivity index (χ2v) is 6.95. The van der Waals surface area contributed by atoms with Gasteiger partial charge in [-0.2, -0.15) is 0 Å². The first kappa shape index (κ1) is 14.0. The highest BCUT2D eigenvalue weighted by atomic mass is 16.5. The van der Waals surface area contributed by atoms with E-state index in [0.29, 0.717) is 24.3 Å². The van der Waals surface area contributed by atoms with Crippen LogP contribution in [-0.2, 0) is 9.53 Å². The second-order valence-electron chi connectivity index (χ2n) is 6.95. The minimum atomic E-state index is -0.189. The number of carbonyl (C=O) groups excluding carboxylic acids is 1. The molecule has 3 atom stereocenters. The molecule has 3 heterocycles. The summed E-state index contributed by atoms with van der Waals surface area (Å²) in [7, 11) is 0. The number of hydrogen-bond donors (Lipinski definition) is 0. The molecule has 1 spiro atoms. The van der Waals surface area contributed by atoms with Gasteiger partial charge in [-0.05, 0) is 18.4 Å². The average molecular weight is 302 g/mol. The lowest BCUT2D eigenvalue weighted by molar-refractivity contribution is -0.194. The maximum Gasteiger partial charge on any atom is 0.226 e. The number of pyridine rings is 1. The molecular weight excluding hydrogens is 280 g/mol. The highest BCUT2D eigenvalue weighted by Crippen LogP contribution is 2.43. The smallest absolute Gasteiger partial charge is 0.226 e. The van der Waals surface area contributed by atoms with Gasteiger partial charge in [-0.25, -0.2) is 4.98 Å². The van der Waals surface area contributed by atoms with Crippen molar-refractivity contribution in [2.45, 2.75) is 37.9 Å². The summed E-state index contributed by atoms with van der Waals surface area (Å²) in [5.41, 5.74) is -0.189. The van der Waals surface area contributed by atoms with Gasteiger partial charge in [-0.15, -0.1) is 0 Å². The fraction of sp³-hybridized carbons (Fsp3) is 0.647. The van der Waals surface area contributed by atoms with E-state index in [4.69, 9.17) is 9.47 Å². The molecule has 0 unspecified atom stereocenters. The van der Waals surface area contributed by atoms with Gasteiger partial charge in [0.25, 0.3) is 0 Å². The summed E-state index contributed by atoms with van der Waals surface area (Å²) >= 11 is 0. The van der Waals surface area contributed by atoms with Crippen LogP contribution >= 0.6 is 0 Å². The Labute approximate surface area is 130 Å². The SMILES string of the molecule is C[C@@H]1C[C@H]1C(=O)N1CC2(C[C@@H](Oc3ccccn3)CCO2)C1. The molecule has 22 heavy (non-hydrogen) atoms. The Morgan fingerprint density at radius 3 is 2.95 bits per heavy atom. The lowest BCUT2D eigenvalue weighted by Crippen LogP contribution is -2.67. The Balaban J connectivity index is 1.33. The zero-order valence-electron chi connectivity index (χ0n) is 12.9. The molecule has 0 radical (unpaired) electrons. The lowest BCUT2D eigenvalue weighted by atomic mass is 9.84. The van der Waals surface area contributed by atoms with E-state index in [9.17, 15) is 4.79 Å². The number of carbonyl (C=O) groups is 1. The largest absolute Gasteiger partial charge is 0.474 e. The second kappa shape index (κ2) is 5.23. The van der Waals surface area contributed by atoms with E-state index >= 15 is 0 Å². The van der Waals surface area contributed by atoms with Gasteiger partial charge >= 0.3 is 0 Å². The molecule has 0 aromatic carbocycles. The van der Waals surface area contributed by atoms with Crippen LogP contribution in [-0.4, -0.2) is 47.2 Å². The fourth-order valence-electron chi connectivity index (χ4n) is 3.60. The molecule has 1 aliphatic carbocycles. The van der Waals surface area contributed by atoms with Crippen molar-refractivity contribution in [2.24, 2.45) is 11.8 Å². The van der Waals surface area contributed by atoms with Crippen molar-refractivity contribution in [3.8, 4) is 5.88 Å². The van der Waals surface area contributed by atoms with Crippen LogP contribution in [0.15, 0.2) is 24.4 Å². The van der Waals surface area contributed by atoms with Crippen molar-refractivity contribution in [1.29, 1.82) is 0 Å². The van der Waals surface area contributed by atoms with Gasteiger partial charge in [0.15, 0.2) is 0 Å². The predicted molar refractivity (Wildman–Crippen MR) is 80.4 cm³/mol. The molecule has 1 saturated carbocycles. The van der Waals surface area contributed by atoms with Crippen LogP contribution < -0.4 is 4.74 Å². The molecule has 1 amide bonds. The maximum absolute atomic E-state index is 12.2. The third-order valence-electron chi connectivity index (χ3n) is 5.07.